The van der Waals surface area contributed by atoms with Crippen molar-refractivity contribution >= 4 is 11.6 Å². The molecule has 4 aliphatic rings. The Labute approximate surface area is 132 Å². The second-order valence-corrected chi connectivity index (χ2v) is 8.55. The van der Waals surface area contributed by atoms with Gasteiger partial charge in [-0.15, -0.1) is 0 Å². The molecule has 0 heterocycles. The van der Waals surface area contributed by atoms with Crippen LogP contribution in [-0.4, -0.2) is 22.8 Å². The molecule has 0 aromatic heterocycles. The van der Waals surface area contributed by atoms with E-state index in [1.54, 1.807) is 0 Å². The van der Waals surface area contributed by atoms with Gasteiger partial charge < -0.3 is 5.11 Å². The summed E-state index contributed by atoms with van der Waals surface area (Å²) in [6, 6.07) is 0. The maximum Gasteiger partial charge on any atom is 0.139 e. The summed E-state index contributed by atoms with van der Waals surface area (Å²) in [5.41, 5.74) is -0.233. The van der Waals surface area contributed by atoms with Gasteiger partial charge in [0, 0.05) is 24.2 Å². The van der Waals surface area contributed by atoms with E-state index in [0.29, 0.717) is 36.7 Å². The molecule has 7 atom stereocenters. The average Bonchev–Trinajstić information content (AvgIpc) is 2.77. The molecule has 3 fully saturated rings. The Morgan fingerprint density at radius 1 is 1.18 bits per heavy atom. The van der Waals surface area contributed by atoms with Crippen LogP contribution in [0.5, 0.6) is 0 Å². The van der Waals surface area contributed by atoms with Crippen molar-refractivity contribution in [2.75, 3.05) is 0 Å². The Kier molecular flexibility index (Phi) is 3.01. The summed E-state index contributed by atoms with van der Waals surface area (Å²) < 4.78 is 0. The molecule has 0 amide bonds. The molecule has 4 aliphatic carbocycles. The van der Waals surface area contributed by atoms with Crippen molar-refractivity contribution in [2.24, 2.45) is 34.5 Å². The van der Waals surface area contributed by atoms with E-state index in [9.17, 15) is 14.7 Å². The first-order valence-electron chi connectivity index (χ1n) is 8.80. The zero-order valence-corrected chi connectivity index (χ0v) is 13.5. The predicted octanol–water partition coefficient (Wildman–Crippen LogP) is 2.91. The molecule has 1 N–H and O–H groups in total. The van der Waals surface area contributed by atoms with E-state index >= 15 is 0 Å². The second kappa shape index (κ2) is 4.53. The molecular weight excluding hydrogens is 276 g/mol. The molecule has 22 heavy (non-hydrogen) atoms. The van der Waals surface area contributed by atoms with Gasteiger partial charge in [0.2, 0.25) is 0 Å². The number of carbonyl (C=O) groups is 2. The van der Waals surface area contributed by atoms with Gasteiger partial charge in [0.15, 0.2) is 0 Å². The first kappa shape index (κ1) is 14.6. The lowest BCUT2D eigenvalue weighted by molar-refractivity contribution is -0.150. The number of ketones is 2. The van der Waals surface area contributed by atoms with Crippen LogP contribution in [0.4, 0.5) is 0 Å². The van der Waals surface area contributed by atoms with Crippen LogP contribution in [0.1, 0.15) is 52.4 Å². The van der Waals surface area contributed by atoms with Crippen molar-refractivity contribution in [3.63, 3.8) is 0 Å². The van der Waals surface area contributed by atoms with E-state index in [2.05, 4.69) is 19.9 Å². The fraction of sp³-hybridized carbons (Fsp3) is 0.789. The zero-order valence-electron chi connectivity index (χ0n) is 13.5. The van der Waals surface area contributed by atoms with Gasteiger partial charge in [-0.3, -0.25) is 9.59 Å². The molecule has 3 saturated carbocycles. The maximum absolute atomic E-state index is 12.9. The summed E-state index contributed by atoms with van der Waals surface area (Å²) in [5.74, 6) is 1.68. The predicted molar refractivity (Wildman–Crippen MR) is 83.0 cm³/mol. The van der Waals surface area contributed by atoms with E-state index < -0.39 is 6.10 Å². The van der Waals surface area contributed by atoms with Crippen molar-refractivity contribution in [3.05, 3.63) is 12.2 Å². The molecule has 0 aliphatic heterocycles. The van der Waals surface area contributed by atoms with E-state index in [1.807, 2.05) is 6.08 Å². The largest absolute Gasteiger partial charge is 0.389 e. The summed E-state index contributed by atoms with van der Waals surface area (Å²) >= 11 is 0. The van der Waals surface area contributed by atoms with Crippen LogP contribution in [-0.2, 0) is 9.59 Å². The lowest BCUT2D eigenvalue weighted by Crippen LogP contribution is -2.56. The summed E-state index contributed by atoms with van der Waals surface area (Å²) in [5, 5.41) is 9.93. The molecule has 120 valence electrons. The third kappa shape index (κ3) is 1.72. The average molecular weight is 302 g/mol. The highest BCUT2D eigenvalue weighted by atomic mass is 16.3. The van der Waals surface area contributed by atoms with Crippen LogP contribution in [0.2, 0.25) is 0 Å². The third-order valence-electron chi connectivity index (χ3n) is 7.68. The van der Waals surface area contributed by atoms with Crippen molar-refractivity contribution < 1.29 is 14.7 Å². The number of Topliss-reactive ketones (excluding diaryl/α,β-unsaturated/α-hetero) is 2. The van der Waals surface area contributed by atoms with Gasteiger partial charge in [-0.05, 0) is 48.9 Å². The zero-order chi connectivity index (χ0) is 15.7. The molecule has 0 aromatic rings. The molecule has 0 bridgehead atoms. The highest BCUT2D eigenvalue weighted by Crippen LogP contribution is 2.63. The Bertz CT molecular complexity index is 565. The lowest BCUT2D eigenvalue weighted by atomic mass is 9.46. The second-order valence-electron chi connectivity index (χ2n) is 8.55. The van der Waals surface area contributed by atoms with E-state index in [0.717, 1.165) is 19.3 Å². The van der Waals surface area contributed by atoms with Crippen LogP contribution < -0.4 is 0 Å². The van der Waals surface area contributed by atoms with Crippen LogP contribution in [0, 0.1) is 34.5 Å². The summed E-state index contributed by atoms with van der Waals surface area (Å²) in [6.45, 7) is 4.38. The minimum atomic E-state index is -0.399. The van der Waals surface area contributed by atoms with E-state index in [-0.39, 0.29) is 28.6 Å². The van der Waals surface area contributed by atoms with Gasteiger partial charge in [0.05, 0.1) is 6.10 Å². The van der Waals surface area contributed by atoms with E-state index in [4.69, 9.17) is 0 Å². The quantitative estimate of drug-likeness (QED) is 0.700. The number of allylic oxidation sites excluding steroid dienone is 1. The van der Waals surface area contributed by atoms with Crippen LogP contribution >= 0.6 is 0 Å². The maximum atomic E-state index is 12.9. The molecule has 0 spiro atoms. The fourth-order valence-electron chi connectivity index (χ4n) is 6.25. The van der Waals surface area contributed by atoms with Gasteiger partial charge in [-0.2, -0.15) is 0 Å². The van der Waals surface area contributed by atoms with Crippen LogP contribution in [0.25, 0.3) is 0 Å². The first-order chi connectivity index (χ1) is 10.4. The molecule has 1 unspecified atom stereocenters. The fourth-order valence-corrected chi connectivity index (χ4v) is 6.25. The number of carbonyl (C=O) groups excluding carboxylic acids is 2. The van der Waals surface area contributed by atoms with Crippen molar-refractivity contribution in [2.45, 2.75) is 58.5 Å². The number of fused-ring (bicyclic) bond motifs is 5. The summed E-state index contributed by atoms with van der Waals surface area (Å²) in [6.07, 6.45) is 8.48. The minimum absolute atomic E-state index is 0.0186. The number of aliphatic hydroxyl groups excluding tert-OH is 1. The molecule has 0 aromatic carbocycles. The summed E-state index contributed by atoms with van der Waals surface area (Å²) in [4.78, 5) is 25.3. The molecule has 0 saturated heterocycles. The molecular formula is C19H26O3. The van der Waals surface area contributed by atoms with Crippen molar-refractivity contribution in [1.82, 2.24) is 0 Å². The molecule has 3 heteroatoms. The van der Waals surface area contributed by atoms with Gasteiger partial charge in [0.25, 0.3) is 0 Å². The highest BCUT2D eigenvalue weighted by Gasteiger charge is 2.62. The number of rotatable bonds is 0. The van der Waals surface area contributed by atoms with E-state index in [1.165, 1.54) is 0 Å². The van der Waals surface area contributed by atoms with Gasteiger partial charge in [-0.25, -0.2) is 0 Å². The number of hydrogen-bond donors (Lipinski definition) is 1. The molecule has 0 radical (unpaired) electrons. The third-order valence-corrected chi connectivity index (χ3v) is 7.68. The Morgan fingerprint density at radius 2 is 1.95 bits per heavy atom. The monoisotopic (exact) mass is 302 g/mol. The summed E-state index contributed by atoms with van der Waals surface area (Å²) in [7, 11) is 0. The normalized spacial score (nSPS) is 53.9. The number of hydrogen-bond acceptors (Lipinski definition) is 3. The Morgan fingerprint density at radius 3 is 2.73 bits per heavy atom. The van der Waals surface area contributed by atoms with Gasteiger partial charge in [-0.1, -0.05) is 26.0 Å². The molecule has 3 nitrogen and oxygen atoms in total. The smallest absolute Gasteiger partial charge is 0.139 e. The lowest BCUT2D eigenvalue weighted by Gasteiger charge is -2.57. The SMILES string of the molecule is C[C@]12C=C[C@@H](O)CC1CC(=O)[C@@H]1[C@@H]2CC[C@]2(C)C(=O)CC[C@@H]12. The van der Waals surface area contributed by atoms with Crippen LogP contribution in [0.15, 0.2) is 12.2 Å². The topological polar surface area (TPSA) is 54.4 Å². The van der Waals surface area contributed by atoms with Crippen molar-refractivity contribution in [3.8, 4) is 0 Å². The highest BCUT2D eigenvalue weighted by molar-refractivity contribution is 5.90. The van der Waals surface area contributed by atoms with Crippen molar-refractivity contribution in [1.29, 1.82) is 0 Å². The Hall–Kier alpha value is -0.960. The minimum Gasteiger partial charge on any atom is -0.389 e. The molecule has 4 rings (SSSR count). The number of aliphatic hydroxyl groups is 1. The van der Waals surface area contributed by atoms with Crippen LogP contribution in [0.3, 0.4) is 0 Å². The first-order valence-corrected chi connectivity index (χ1v) is 8.80. The van der Waals surface area contributed by atoms with Gasteiger partial charge >= 0.3 is 0 Å². The van der Waals surface area contributed by atoms with Gasteiger partial charge in [0.1, 0.15) is 11.6 Å². The Balaban J connectivity index is 1.74. The standard InChI is InChI=1S/C19H26O3/c1-18-7-5-12(20)9-11(18)10-15(21)17-13-3-4-16(22)19(13,2)8-6-14(17)18/h5,7,11-14,17,20H,3-4,6,8-10H2,1-2H3/t11?,12-,13+,14+,17+,18+,19+/m1/s1.